The van der Waals surface area contributed by atoms with E-state index < -0.39 is 5.97 Å². The Bertz CT molecular complexity index is 150. The van der Waals surface area contributed by atoms with Crippen LogP contribution in [-0.4, -0.2) is 5.97 Å². The van der Waals surface area contributed by atoms with Gasteiger partial charge >= 0.3 is 5.97 Å². The van der Waals surface area contributed by atoms with E-state index in [2.05, 4.69) is 4.29 Å². The Morgan fingerprint density at radius 2 is 2.10 bits per heavy atom. The van der Waals surface area contributed by atoms with E-state index in [1.807, 2.05) is 13.8 Å². The lowest BCUT2D eigenvalue weighted by Crippen LogP contribution is -2.07. The fraction of sp³-hybridized carbons (Fsp3) is 0.571. The van der Waals surface area contributed by atoms with Crippen LogP contribution in [0.15, 0.2) is 11.6 Å². The summed E-state index contributed by atoms with van der Waals surface area (Å²) in [5, 5.41) is 0. The molecule has 2 nitrogen and oxygen atoms in total. The largest absolute Gasteiger partial charge is 0.352 e. The molecule has 0 saturated carbocycles. The maximum Gasteiger partial charge on any atom is 0.352 e. The first-order chi connectivity index (χ1) is 4.63. The van der Waals surface area contributed by atoms with E-state index in [-0.39, 0.29) is 5.92 Å². The number of hydrogen-bond acceptors (Lipinski definition) is 2. The second kappa shape index (κ2) is 4.34. The molecular formula is C7H11ClO2. The number of carbonyl (C=O) groups excluding carboxylic acids is 1. The molecule has 0 unspecified atom stereocenters. The highest BCUT2D eigenvalue weighted by atomic mass is 35.5. The van der Waals surface area contributed by atoms with Crippen molar-refractivity contribution in [2.75, 3.05) is 0 Å². The van der Waals surface area contributed by atoms with Crippen LogP contribution < -0.4 is 0 Å². The van der Waals surface area contributed by atoms with E-state index in [0.717, 1.165) is 0 Å². The third-order valence-electron chi connectivity index (χ3n) is 1.24. The molecule has 0 fully saturated rings. The number of rotatable bonds is 2. The molecule has 0 rings (SSSR count). The summed E-state index contributed by atoms with van der Waals surface area (Å²) in [6.45, 7) is 5.59. The maximum absolute atomic E-state index is 10.8. The predicted octanol–water partition coefficient (Wildman–Crippen LogP) is 2.29. The first-order valence-corrected chi connectivity index (χ1v) is 3.43. The van der Waals surface area contributed by atoms with Crippen LogP contribution in [-0.2, 0) is 9.08 Å². The Labute approximate surface area is 66.0 Å². The molecule has 0 aliphatic heterocycles. The van der Waals surface area contributed by atoms with Gasteiger partial charge in [-0.25, -0.2) is 4.79 Å². The summed E-state index contributed by atoms with van der Waals surface area (Å²) < 4.78 is 4.03. The molecule has 0 saturated heterocycles. The lowest BCUT2D eigenvalue weighted by Gasteiger charge is -2.04. The molecule has 0 aliphatic rings. The molecule has 0 aliphatic carbocycles. The molecule has 0 bridgehead atoms. The Balaban J connectivity index is 4.24. The minimum atomic E-state index is -0.459. The van der Waals surface area contributed by atoms with Gasteiger partial charge in [0, 0.05) is 5.57 Å². The van der Waals surface area contributed by atoms with Crippen molar-refractivity contribution in [3.63, 3.8) is 0 Å². The first kappa shape index (κ1) is 9.50. The van der Waals surface area contributed by atoms with Crippen molar-refractivity contribution in [1.82, 2.24) is 0 Å². The van der Waals surface area contributed by atoms with Gasteiger partial charge in [0.25, 0.3) is 0 Å². The van der Waals surface area contributed by atoms with Gasteiger partial charge in [0.1, 0.15) is 11.9 Å². The van der Waals surface area contributed by atoms with Crippen LogP contribution in [0.25, 0.3) is 0 Å². The Kier molecular flexibility index (Phi) is 4.12. The first-order valence-electron chi connectivity index (χ1n) is 3.12. The van der Waals surface area contributed by atoms with E-state index in [1.165, 1.54) is 0 Å². The van der Waals surface area contributed by atoms with Crippen LogP contribution in [0.1, 0.15) is 20.8 Å². The van der Waals surface area contributed by atoms with Crippen LogP contribution in [0.2, 0.25) is 0 Å². The highest BCUT2D eigenvalue weighted by Crippen LogP contribution is 2.11. The fourth-order valence-corrected chi connectivity index (χ4v) is 0.821. The average molecular weight is 163 g/mol. The molecule has 0 radical (unpaired) electrons. The van der Waals surface area contributed by atoms with E-state index in [9.17, 15) is 4.79 Å². The van der Waals surface area contributed by atoms with Gasteiger partial charge in [0.2, 0.25) is 0 Å². The monoisotopic (exact) mass is 162 g/mol. The van der Waals surface area contributed by atoms with Crippen LogP contribution in [0.3, 0.4) is 0 Å². The van der Waals surface area contributed by atoms with Gasteiger partial charge in [0.15, 0.2) is 0 Å². The van der Waals surface area contributed by atoms with E-state index in [0.29, 0.717) is 5.57 Å². The van der Waals surface area contributed by atoms with Crippen LogP contribution in [0.4, 0.5) is 0 Å². The predicted molar refractivity (Wildman–Crippen MR) is 40.5 cm³/mol. The molecular weight excluding hydrogens is 152 g/mol. The molecule has 0 heterocycles. The Hall–Kier alpha value is -0.500. The van der Waals surface area contributed by atoms with Crippen molar-refractivity contribution >= 4 is 17.8 Å². The van der Waals surface area contributed by atoms with Gasteiger partial charge in [-0.15, -0.1) is 0 Å². The van der Waals surface area contributed by atoms with Crippen molar-refractivity contribution in [1.29, 1.82) is 0 Å². The fourth-order valence-electron chi connectivity index (χ4n) is 0.731. The van der Waals surface area contributed by atoms with Crippen LogP contribution >= 0.6 is 11.9 Å². The zero-order valence-electron chi connectivity index (χ0n) is 6.35. The van der Waals surface area contributed by atoms with Gasteiger partial charge in [-0.3, -0.25) is 0 Å². The van der Waals surface area contributed by atoms with E-state index >= 15 is 0 Å². The summed E-state index contributed by atoms with van der Waals surface area (Å²) >= 11 is 4.88. The van der Waals surface area contributed by atoms with Gasteiger partial charge < -0.3 is 4.29 Å². The molecule has 0 amide bonds. The van der Waals surface area contributed by atoms with Crippen molar-refractivity contribution in [2.45, 2.75) is 20.8 Å². The summed E-state index contributed by atoms with van der Waals surface area (Å²) in [4.78, 5) is 10.8. The Morgan fingerprint density at radius 1 is 1.60 bits per heavy atom. The number of hydrogen-bond donors (Lipinski definition) is 0. The van der Waals surface area contributed by atoms with Crippen molar-refractivity contribution in [3.05, 3.63) is 11.6 Å². The number of carbonyl (C=O) groups is 1. The van der Waals surface area contributed by atoms with Gasteiger partial charge in [-0.2, -0.15) is 0 Å². The topological polar surface area (TPSA) is 26.3 Å². The van der Waals surface area contributed by atoms with Crippen molar-refractivity contribution in [3.8, 4) is 0 Å². The van der Waals surface area contributed by atoms with Gasteiger partial charge in [-0.05, 0) is 12.8 Å². The van der Waals surface area contributed by atoms with Crippen LogP contribution in [0.5, 0.6) is 0 Å². The smallest absolute Gasteiger partial charge is 0.343 e. The van der Waals surface area contributed by atoms with Gasteiger partial charge in [0.05, 0.1) is 0 Å². The highest BCUT2D eigenvalue weighted by molar-refractivity contribution is 6.15. The molecule has 0 aromatic heterocycles. The Morgan fingerprint density at radius 3 is 2.20 bits per heavy atom. The summed E-state index contributed by atoms with van der Waals surface area (Å²) in [6, 6.07) is 0. The van der Waals surface area contributed by atoms with Crippen LogP contribution in [0, 0.1) is 5.92 Å². The maximum atomic E-state index is 10.8. The second-order valence-electron chi connectivity index (χ2n) is 2.26. The van der Waals surface area contributed by atoms with Crippen molar-refractivity contribution < 1.29 is 9.08 Å². The second-order valence-corrected chi connectivity index (χ2v) is 2.42. The number of allylic oxidation sites excluding steroid dienone is 1. The molecule has 3 heteroatoms. The molecule has 0 aromatic carbocycles. The molecule has 58 valence electrons. The minimum absolute atomic E-state index is 0.163. The molecule has 0 N–H and O–H groups in total. The summed E-state index contributed by atoms with van der Waals surface area (Å²) in [5.41, 5.74) is 0.606. The molecule has 0 atom stereocenters. The minimum Gasteiger partial charge on any atom is -0.343 e. The standard InChI is InChI=1S/C7H11ClO2/c1-4-6(5(2)3)7(9)10-8/h4-5H,1-3H3/b6-4+. The number of halogens is 1. The summed E-state index contributed by atoms with van der Waals surface area (Å²) in [7, 11) is 0. The molecule has 0 spiro atoms. The third-order valence-corrected chi connectivity index (χ3v) is 1.38. The highest BCUT2D eigenvalue weighted by Gasteiger charge is 2.12. The van der Waals surface area contributed by atoms with Crippen molar-refractivity contribution in [2.24, 2.45) is 5.92 Å². The van der Waals surface area contributed by atoms with E-state index in [1.54, 1.807) is 13.0 Å². The van der Waals surface area contributed by atoms with Gasteiger partial charge in [-0.1, -0.05) is 19.9 Å². The molecule has 0 aromatic rings. The molecule has 10 heavy (non-hydrogen) atoms. The lowest BCUT2D eigenvalue weighted by atomic mass is 10.0. The summed E-state index contributed by atoms with van der Waals surface area (Å²) in [6.07, 6.45) is 1.70. The summed E-state index contributed by atoms with van der Waals surface area (Å²) in [5.74, 6) is -0.296. The average Bonchev–Trinajstić information content (AvgIpc) is 1.88. The quantitative estimate of drug-likeness (QED) is 0.583. The zero-order valence-corrected chi connectivity index (χ0v) is 7.11. The SMILES string of the molecule is C/C=C(/C(=O)OCl)C(C)C. The normalized spacial score (nSPS) is 11.9. The lowest BCUT2D eigenvalue weighted by molar-refractivity contribution is -0.130. The zero-order chi connectivity index (χ0) is 8.15. The van der Waals surface area contributed by atoms with E-state index in [4.69, 9.17) is 11.9 Å². The third kappa shape index (κ3) is 2.40.